The van der Waals surface area contributed by atoms with Crippen molar-refractivity contribution in [3.63, 3.8) is 0 Å². The van der Waals surface area contributed by atoms with Crippen LogP contribution >= 0.6 is 22.6 Å². The summed E-state index contributed by atoms with van der Waals surface area (Å²) in [5, 5.41) is 20.0. The van der Waals surface area contributed by atoms with Crippen molar-refractivity contribution < 1.29 is 5.11 Å². The minimum Gasteiger partial charge on any atom is -0.388 e. The normalized spacial score (nSPS) is 15.0. The van der Waals surface area contributed by atoms with Crippen LogP contribution in [0.5, 0.6) is 0 Å². The molecule has 0 heterocycles. The number of nitriles is 1. The van der Waals surface area contributed by atoms with Gasteiger partial charge in [-0.05, 0) is 36.7 Å². The first-order valence-corrected chi connectivity index (χ1v) is 7.25. The monoisotopic (exact) mass is 343 g/mol. The van der Waals surface area contributed by atoms with Crippen LogP contribution in [0.15, 0.2) is 30.3 Å². The summed E-state index contributed by atoms with van der Waals surface area (Å²) in [5.41, 5.74) is -0.964. The van der Waals surface area contributed by atoms with Gasteiger partial charge in [0.15, 0.2) is 0 Å². The van der Waals surface area contributed by atoms with Crippen molar-refractivity contribution in [2.75, 3.05) is 4.43 Å². The molecular formula is C14H18INO. The predicted molar refractivity (Wildman–Crippen MR) is 78.2 cm³/mol. The molecule has 0 saturated carbocycles. The molecule has 1 aromatic rings. The maximum absolute atomic E-state index is 10.4. The van der Waals surface area contributed by atoms with Crippen LogP contribution in [0.3, 0.4) is 0 Å². The van der Waals surface area contributed by atoms with Gasteiger partial charge in [0.25, 0.3) is 0 Å². The number of halogens is 1. The third kappa shape index (κ3) is 2.99. The summed E-state index contributed by atoms with van der Waals surface area (Å²) >= 11 is 2.30. The van der Waals surface area contributed by atoms with Gasteiger partial charge in [0.05, 0.1) is 11.7 Å². The molecule has 0 aliphatic rings. The van der Waals surface area contributed by atoms with Gasteiger partial charge in [-0.3, -0.25) is 0 Å². The molecule has 0 amide bonds. The standard InChI is InChI=1S/C14H18INO/c1-13(2,17)14(11-16,9-6-10-15)12-7-4-3-5-8-12/h3-5,7-8,17H,6,9-10H2,1-2H3. The van der Waals surface area contributed by atoms with Crippen LogP contribution in [0.25, 0.3) is 0 Å². The molecule has 0 aliphatic carbocycles. The summed E-state index contributed by atoms with van der Waals surface area (Å²) in [6.45, 7) is 3.44. The lowest BCUT2D eigenvalue weighted by Gasteiger charge is -2.38. The maximum Gasteiger partial charge on any atom is 0.110 e. The van der Waals surface area contributed by atoms with Crippen LogP contribution in [-0.2, 0) is 5.41 Å². The molecule has 1 N–H and O–H groups in total. The summed E-state index contributed by atoms with van der Waals surface area (Å²) < 4.78 is 0.990. The second-order valence-corrected chi connectivity index (χ2v) is 5.81. The van der Waals surface area contributed by atoms with Crippen molar-refractivity contribution in [1.29, 1.82) is 5.26 Å². The lowest BCUT2D eigenvalue weighted by Crippen LogP contribution is -2.46. The van der Waals surface area contributed by atoms with Gasteiger partial charge in [-0.15, -0.1) is 0 Å². The van der Waals surface area contributed by atoms with E-state index in [9.17, 15) is 10.4 Å². The fourth-order valence-corrected chi connectivity index (χ4v) is 2.50. The number of rotatable bonds is 5. The van der Waals surface area contributed by atoms with Gasteiger partial charge in [-0.1, -0.05) is 52.9 Å². The van der Waals surface area contributed by atoms with Crippen molar-refractivity contribution in [3.05, 3.63) is 35.9 Å². The molecule has 92 valence electrons. The van der Waals surface area contributed by atoms with E-state index in [1.54, 1.807) is 13.8 Å². The topological polar surface area (TPSA) is 44.0 Å². The minimum absolute atomic E-state index is 0.681. The molecule has 0 fully saturated rings. The number of alkyl halides is 1. The lowest BCUT2D eigenvalue weighted by molar-refractivity contribution is 0.0146. The number of hydrogen-bond acceptors (Lipinski definition) is 2. The maximum atomic E-state index is 10.4. The quantitative estimate of drug-likeness (QED) is 0.658. The van der Waals surface area contributed by atoms with E-state index >= 15 is 0 Å². The zero-order chi connectivity index (χ0) is 12.9. The Morgan fingerprint density at radius 3 is 2.29 bits per heavy atom. The highest BCUT2D eigenvalue weighted by molar-refractivity contribution is 14.1. The number of aliphatic hydroxyl groups is 1. The number of nitrogens with zero attached hydrogens (tertiary/aromatic N) is 1. The van der Waals surface area contributed by atoms with Gasteiger partial charge in [0.1, 0.15) is 5.41 Å². The Bertz CT molecular complexity index is 391. The lowest BCUT2D eigenvalue weighted by atomic mass is 9.67. The summed E-state index contributed by atoms with van der Waals surface area (Å²) in [5.74, 6) is 0. The van der Waals surface area contributed by atoms with E-state index in [2.05, 4.69) is 28.7 Å². The molecule has 3 heteroatoms. The van der Waals surface area contributed by atoms with Crippen LogP contribution in [0, 0.1) is 11.3 Å². The molecule has 1 rings (SSSR count). The van der Waals surface area contributed by atoms with Gasteiger partial charge in [-0.2, -0.15) is 5.26 Å². The predicted octanol–water partition coefficient (Wildman–Crippen LogP) is 3.43. The first-order valence-electron chi connectivity index (χ1n) is 5.73. The molecule has 1 unspecified atom stereocenters. The van der Waals surface area contributed by atoms with Crippen LogP contribution in [0.1, 0.15) is 32.3 Å². The van der Waals surface area contributed by atoms with Crippen LogP contribution in [0.4, 0.5) is 0 Å². The fraction of sp³-hybridized carbons (Fsp3) is 0.500. The van der Waals surface area contributed by atoms with Gasteiger partial charge >= 0.3 is 0 Å². The second kappa shape index (κ2) is 5.83. The molecule has 1 aromatic carbocycles. The molecule has 0 radical (unpaired) electrons. The third-order valence-corrected chi connectivity index (χ3v) is 3.95. The molecule has 2 nitrogen and oxygen atoms in total. The minimum atomic E-state index is -1.05. The van der Waals surface area contributed by atoms with E-state index in [-0.39, 0.29) is 0 Å². The first kappa shape index (κ1) is 14.5. The van der Waals surface area contributed by atoms with Gasteiger partial charge < -0.3 is 5.11 Å². The molecule has 17 heavy (non-hydrogen) atoms. The van der Waals surface area contributed by atoms with E-state index in [4.69, 9.17) is 0 Å². The summed E-state index contributed by atoms with van der Waals surface area (Å²) in [6, 6.07) is 12.0. The van der Waals surface area contributed by atoms with Crippen molar-refractivity contribution in [1.82, 2.24) is 0 Å². The summed E-state index contributed by atoms with van der Waals surface area (Å²) in [4.78, 5) is 0. The average Bonchev–Trinajstić information content (AvgIpc) is 2.30. The zero-order valence-electron chi connectivity index (χ0n) is 10.3. The van der Waals surface area contributed by atoms with E-state index in [1.807, 2.05) is 30.3 Å². The van der Waals surface area contributed by atoms with Crippen molar-refractivity contribution >= 4 is 22.6 Å². The zero-order valence-corrected chi connectivity index (χ0v) is 12.4. The molecule has 0 bridgehead atoms. The number of benzene rings is 1. The Morgan fingerprint density at radius 2 is 1.88 bits per heavy atom. The smallest absolute Gasteiger partial charge is 0.110 e. The Morgan fingerprint density at radius 1 is 1.29 bits per heavy atom. The molecule has 0 spiro atoms. The van der Waals surface area contributed by atoms with E-state index in [0.717, 1.165) is 16.4 Å². The van der Waals surface area contributed by atoms with Crippen molar-refractivity contribution in [3.8, 4) is 6.07 Å². The van der Waals surface area contributed by atoms with E-state index in [1.165, 1.54) is 0 Å². The highest BCUT2D eigenvalue weighted by Crippen LogP contribution is 2.39. The van der Waals surface area contributed by atoms with Crippen LogP contribution in [-0.4, -0.2) is 15.1 Å². The molecule has 0 aliphatic heterocycles. The van der Waals surface area contributed by atoms with Gasteiger partial charge in [0.2, 0.25) is 0 Å². The number of hydrogen-bond donors (Lipinski definition) is 1. The molecule has 0 saturated heterocycles. The van der Waals surface area contributed by atoms with Gasteiger partial charge in [-0.25, -0.2) is 0 Å². The van der Waals surface area contributed by atoms with Crippen LogP contribution in [0.2, 0.25) is 0 Å². The van der Waals surface area contributed by atoms with Crippen molar-refractivity contribution in [2.45, 2.75) is 37.7 Å². The van der Waals surface area contributed by atoms with E-state index < -0.39 is 11.0 Å². The van der Waals surface area contributed by atoms with Crippen molar-refractivity contribution in [2.24, 2.45) is 0 Å². The molecule has 0 aromatic heterocycles. The highest BCUT2D eigenvalue weighted by Gasteiger charge is 2.45. The van der Waals surface area contributed by atoms with Gasteiger partial charge in [0, 0.05) is 0 Å². The first-order chi connectivity index (χ1) is 7.98. The summed E-state index contributed by atoms with van der Waals surface area (Å²) in [7, 11) is 0. The Labute approximate surface area is 117 Å². The highest BCUT2D eigenvalue weighted by atomic mass is 127. The Balaban J connectivity index is 3.23. The third-order valence-electron chi connectivity index (χ3n) is 3.19. The summed E-state index contributed by atoms with van der Waals surface area (Å²) in [6.07, 6.45) is 1.60. The van der Waals surface area contributed by atoms with E-state index in [0.29, 0.717) is 6.42 Å². The Kier molecular flexibility index (Phi) is 4.96. The largest absolute Gasteiger partial charge is 0.388 e. The SMILES string of the molecule is CC(C)(O)C(C#N)(CCCI)c1ccccc1. The Hall–Kier alpha value is -0.600. The van der Waals surface area contributed by atoms with Crippen LogP contribution < -0.4 is 0 Å². The molecule has 1 atom stereocenters. The second-order valence-electron chi connectivity index (χ2n) is 4.73. The molecular weight excluding hydrogens is 325 g/mol. The fourth-order valence-electron chi connectivity index (χ4n) is 2.12. The average molecular weight is 343 g/mol.